The van der Waals surface area contributed by atoms with Gasteiger partial charge in [-0.15, -0.1) is 0 Å². The number of benzene rings is 1. The third kappa shape index (κ3) is 5.70. The molecule has 3 rings (SSSR count). The highest BCUT2D eigenvalue weighted by Crippen LogP contribution is 2.19. The lowest BCUT2D eigenvalue weighted by Gasteiger charge is -2.20. The Morgan fingerprint density at radius 1 is 1.25 bits per heavy atom. The molecular weight excluding hydrogens is 352 g/mol. The van der Waals surface area contributed by atoms with Gasteiger partial charge in [-0.3, -0.25) is 9.79 Å². The van der Waals surface area contributed by atoms with Gasteiger partial charge >= 0.3 is 0 Å². The summed E-state index contributed by atoms with van der Waals surface area (Å²) in [6.45, 7) is 4.42. The van der Waals surface area contributed by atoms with E-state index in [1.165, 1.54) is 5.69 Å². The first kappa shape index (κ1) is 19.7. The predicted molar refractivity (Wildman–Crippen MR) is 114 cm³/mol. The first-order valence-corrected chi connectivity index (χ1v) is 9.64. The number of carbonyl (C=O) groups excluding carboxylic acids is 1. The summed E-state index contributed by atoms with van der Waals surface area (Å²) in [4.78, 5) is 22.9. The van der Waals surface area contributed by atoms with E-state index in [9.17, 15) is 4.79 Å². The Kier molecular flexibility index (Phi) is 6.84. The number of carbonyl (C=O) groups is 1. The molecule has 1 saturated heterocycles. The molecule has 1 aromatic carbocycles. The van der Waals surface area contributed by atoms with Crippen molar-refractivity contribution >= 4 is 23.4 Å². The van der Waals surface area contributed by atoms with Gasteiger partial charge in [0.1, 0.15) is 5.82 Å². The average Bonchev–Trinajstić information content (AvgIpc) is 3.18. The Morgan fingerprint density at radius 2 is 2.07 bits per heavy atom. The van der Waals surface area contributed by atoms with Crippen LogP contribution in [0.3, 0.4) is 0 Å². The summed E-state index contributed by atoms with van der Waals surface area (Å²) < 4.78 is 0. The number of nitrogens with one attached hydrogen (secondary N) is 3. The van der Waals surface area contributed by atoms with Crippen molar-refractivity contribution in [3.05, 3.63) is 54.2 Å². The molecule has 1 fully saturated rings. The number of hydrogen-bond donors (Lipinski definition) is 3. The van der Waals surface area contributed by atoms with Crippen LogP contribution < -0.4 is 20.9 Å². The molecule has 2 aromatic rings. The molecule has 1 aliphatic heterocycles. The highest BCUT2D eigenvalue weighted by Gasteiger charge is 2.23. The second-order valence-corrected chi connectivity index (χ2v) is 6.93. The molecule has 0 spiro atoms. The number of nitrogens with zero attached hydrogens (tertiary/aromatic N) is 3. The van der Waals surface area contributed by atoms with Crippen LogP contribution in [0.15, 0.2) is 53.7 Å². The molecular formula is C21H28N6O. The summed E-state index contributed by atoms with van der Waals surface area (Å²) in [7, 11) is 1.75. The van der Waals surface area contributed by atoms with Crippen LogP contribution in [0.2, 0.25) is 0 Å². The van der Waals surface area contributed by atoms with Crippen LogP contribution in [0, 0.1) is 6.92 Å². The van der Waals surface area contributed by atoms with Crippen LogP contribution in [-0.2, 0) is 4.79 Å². The zero-order chi connectivity index (χ0) is 19.8. The summed E-state index contributed by atoms with van der Waals surface area (Å²) in [5, 5.41) is 9.47. The molecule has 3 N–H and O–H groups in total. The van der Waals surface area contributed by atoms with Crippen LogP contribution in [0.25, 0.3) is 0 Å². The van der Waals surface area contributed by atoms with Gasteiger partial charge < -0.3 is 20.9 Å². The Morgan fingerprint density at radius 3 is 2.79 bits per heavy atom. The smallest absolute Gasteiger partial charge is 0.227 e. The molecule has 1 amide bonds. The van der Waals surface area contributed by atoms with Crippen molar-refractivity contribution in [1.29, 1.82) is 0 Å². The minimum atomic E-state index is -0.0737. The van der Waals surface area contributed by atoms with Gasteiger partial charge in [-0.1, -0.05) is 24.3 Å². The van der Waals surface area contributed by atoms with E-state index in [1.807, 2.05) is 19.1 Å². The van der Waals surface area contributed by atoms with Gasteiger partial charge in [-0.2, -0.15) is 0 Å². The quantitative estimate of drug-likeness (QED) is 0.529. The van der Waals surface area contributed by atoms with Crippen molar-refractivity contribution in [2.45, 2.75) is 25.8 Å². The predicted octanol–water partition coefficient (Wildman–Crippen LogP) is 2.16. The van der Waals surface area contributed by atoms with E-state index in [-0.39, 0.29) is 5.91 Å². The lowest BCUT2D eigenvalue weighted by atomic mass is 10.2. The molecule has 1 unspecified atom stereocenters. The molecule has 0 radical (unpaired) electrons. The maximum absolute atomic E-state index is 12.1. The minimum absolute atomic E-state index is 0.0737. The van der Waals surface area contributed by atoms with Gasteiger partial charge in [0.2, 0.25) is 5.91 Å². The van der Waals surface area contributed by atoms with Gasteiger partial charge in [0, 0.05) is 51.0 Å². The molecule has 0 saturated carbocycles. The van der Waals surface area contributed by atoms with Gasteiger partial charge in [-0.25, -0.2) is 4.98 Å². The zero-order valence-corrected chi connectivity index (χ0v) is 16.5. The second-order valence-electron chi connectivity index (χ2n) is 6.93. The minimum Gasteiger partial charge on any atom is -0.369 e. The van der Waals surface area contributed by atoms with E-state index in [4.69, 9.17) is 0 Å². The average molecular weight is 380 g/mol. The summed E-state index contributed by atoms with van der Waals surface area (Å²) in [6, 6.07) is 14.5. The number of hydrogen-bond acceptors (Lipinski definition) is 4. The van der Waals surface area contributed by atoms with Crippen LogP contribution in [0.5, 0.6) is 0 Å². The molecule has 148 valence electrons. The number of aliphatic imine (C=N–C) groups is 1. The Balaban J connectivity index is 1.39. The van der Waals surface area contributed by atoms with E-state index in [0.29, 0.717) is 24.8 Å². The summed E-state index contributed by atoms with van der Waals surface area (Å²) in [5.74, 6) is 1.22. The van der Waals surface area contributed by atoms with Gasteiger partial charge in [0.25, 0.3) is 0 Å². The number of rotatable bonds is 6. The van der Waals surface area contributed by atoms with Crippen molar-refractivity contribution < 1.29 is 4.79 Å². The van der Waals surface area contributed by atoms with E-state index in [1.54, 1.807) is 19.3 Å². The number of para-hydroxylation sites is 1. The molecule has 0 bridgehead atoms. The number of anilines is 2. The molecule has 7 nitrogen and oxygen atoms in total. The lowest BCUT2D eigenvalue weighted by molar-refractivity contribution is -0.116. The van der Waals surface area contributed by atoms with Gasteiger partial charge in [-0.05, 0) is 37.1 Å². The summed E-state index contributed by atoms with van der Waals surface area (Å²) in [6.07, 6.45) is 3.13. The number of pyridine rings is 1. The normalized spacial score (nSPS) is 16.7. The fraction of sp³-hybridized carbons (Fsp3) is 0.381. The van der Waals surface area contributed by atoms with Gasteiger partial charge in [0.15, 0.2) is 5.96 Å². The van der Waals surface area contributed by atoms with E-state index in [0.717, 1.165) is 31.0 Å². The van der Waals surface area contributed by atoms with Crippen molar-refractivity contribution in [2.24, 2.45) is 4.99 Å². The largest absolute Gasteiger partial charge is 0.369 e. The van der Waals surface area contributed by atoms with Crippen LogP contribution in [-0.4, -0.2) is 49.6 Å². The van der Waals surface area contributed by atoms with Crippen molar-refractivity contribution in [2.75, 3.05) is 36.9 Å². The standard InChI is InChI=1S/C21H28N6O/c1-16-8-9-19(24-14-16)26-20(28)10-12-23-21(22-2)25-17-11-13-27(15-17)18-6-4-3-5-7-18/h3-9,14,17H,10-13,15H2,1-2H3,(H2,22,23,25)(H,24,26,28). The van der Waals surface area contributed by atoms with E-state index in [2.05, 4.69) is 55.1 Å². The molecule has 1 aromatic heterocycles. The topological polar surface area (TPSA) is 81.6 Å². The highest BCUT2D eigenvalue weighted by atomic mass is 16.1. The number of guanidine groups is 1. The molecule has 0 aliphatic carbocycles. The maximum Gasteiger partial charge on any atom is 0.227 e. The van der Waals surface area contributed by atoms with E-state index < -0.39 is 0 Å². The fourth-order valence-electron chi connectivity index (χ4n) is 3.18. The Bertz CT molecular complexity index is 790. The zero-order valence-electron chi connectivity index (χ0n) is 16.5. The Hall–Kier alpha value is -3.09. The summed E-state index contributed by atoms with van der Waals surface area (Å²) >= 11 is 0. The van der Waals surface area contributed by atoms with Crippen molar-refractivity contribution in [3.8, 4) is 0 Å². The number of amides is 1. The summed E-state index contributed by atoms with van der Waals surface area (Å²) in [5.41, 5.74) is 2.31. The van der Waals surface area contributed by atoms with Crippen molar-refractivity contribution in [1.82, 2.24) is 15.6 Å². The second kappa shape index (κ2) is 9.73. The monoisotopic (exact) mass is 380 g/mol. The highest BCUT2D eigenvalue weighted by molar-refractivity contribution is 5.90. The van der Waals surface area contributed by atoms with E-state index >= 15 is 0 Å². The molecule has 7 heteroatoms. The molecule has 28 heavy (non-hydrogen) atoms. The number of aromatic nitrogens is 1. The third-order valence-corrected chi connectivity index (χ3v) is 4.70. The molecule has 2 heterocycles. The SMILES string of the molecule is CN=C(NCCC(=O)Nc1ccc(C)cn1)NC1CCN(c2ccccc2)C1. The van der Waals surface area contributed by atoms with Crippen LogP contribution in [0.1, 0.15) is 18.4 Å². The first-order valence-electron chi connectivity index (χ1n) is 9.64. The Labute approximate surface area is 166 Å². The molecule has 1 atom stereocenters. The third-order valence-electron chi connectivity index (χ3n) is 4.70. The first-order chi connectivity index (χ1) is 13.6. The number of aryl methyl sites for hydroxylation is 1. The van der Waals surface area contributed by atoms with Crippen LogP contribution >= 0.6 is 0 Å². The van der Waals surface area contributed by atoms with Crippen molar-refractivity contribution in [3.63, 3.8) is 0 Å². The molecule has 1 aliphatic rings. The lowest BCUT2D eigenvalue weighted by Crippen LogP contribution is -2.45. The van der Waals surface area contributed by atoms with Crippen LogP contribution in [0.4, 0.5) is 11.5 Å². The maximum atomic E-state index is 12.1. The fourth-order valence-corrected chi connectivity index (χ4v) is 3.18. The van der Waals surface area contributed by atoms with Gasteiger partial charge in [0.05, 0.1) is 0 Å².